The summed E-state index contributed by atoms with van der Waals surface area (Å²) in [5.74, 6) is 0.984. The molecule has 1 aliphatic carbocycles. The molecular formula is C12H17BrN2S. The van der Waals surface area contributed by atoms with Gasteiger partial charge in [-0.1, -0.05) is 0 Å². The Hall–Kier alpha value is -0.220. The van der Waals surface area contributed by atoms with Gasteiger partial charge in [-0.2, -0.15) is 11.8 Å². The highest BCUT2D eigenvalue weighted by molar-refractivity contribution is 9.10. The number of pyridine rings is 1. The fourth-order valence-corrected chi connectivity index (χ4v) is 3.49. The number of nitrogens with one attached hydrogen (secondary N) is 1. The quantitative estimate of drug-likeness (QED) is 0.918. The van der Waals surface area contributed by atoms with Gasteiger partial charge in [0, 0.05) is 17.5 Å². The van der Waals surface area contributed by atoms with Crippen LogP contribution in [0.4, 0.5) is 5.82 Å². The minimum atomic E-state index is 0.587. The fourth-order valence-electron chi connectivity index (χ4n) is 2.12. The molecule has 1 aliphatic rings. The third-order valence-corrected chi connectivity index (χ3v) is 4.74. The zero-order valence-corrected chi connectivity index (χ0v) is 12.1. The zero-order chi connectivity index (χ0) is 11.5. The van der Waals surface area contributed by atoms with Crippen molar-refractivity contribution in [2.45, 2.75) is 37.5 Å². The van der Waals surface area contributed by atoms with E-state index in [0.717, 1.165) is 15.5 Å². The van der Waals surface area contributed by atoms with Crippen LogP contribution in [0.1, 0.15) is 24.8 Å². The van der Waals surface area contributed by atoms with Gasteiger partial charge in [0.05, 0.1) is 4.47 Å². The monoisotopic (exact) mass is 300 g/mol. The SMILES string of the molecule is CSC1CCC(Nc2ncc(C)cc2Br)C1. The first-order valence-electron chi connectivity index (χ1n) is 5.60. The molecule has 2 rings (SSSR count). The third-order valence-electron chi connectivity index (χ3n) is 3.04. The molecule has 0 amide bonds. The molecular weight excluding hydrogens is 284 g/mol. The standard InChI is InChI=1S/C12H17BrN2S/c1-8-5-11(13)12(14-7-8)15-9-3-4-10(6-9)16-2/h5,7,9-10H,3-4,6H2,1-2H3,(H,14,15). The molecule has 1 aromatic rings. The van der Waals surface area contributed by atoms with E-state index in [-0.39, 0.29) is 0 Å². The van der Waals surface area contributed by atoms with Crippen LogP contribution < -0.4 is 5.32 Å². The molecule has 16 heavy (non-hydrogen) atoms. The first-order valence-corrected chi connectivity index (χ1v) is 7.68. The predicted octanol–water partition coefficient (Wildman–Crippen LogP) is 3.85. The number of halogens is 1. The molecule has 0 aromatic carbocycles. The highest BCUT2D eigenvalue weighted by Gasteiger charge is 2.24. The number of hydrogen-bond donors (Lipinski definition) is 1. The van der Waals surface area contributed by atoms with Gasteiger partial charge in [-0.25, -0.2) is 4.98 Å². The summed E-state index contributed by atoms with van der Waals surface area (Å²) in [5.41, 5.74) is 1.19. The van der Waals surface area contributed by atoms with E-state index in [2.05, 4.69) is 45.5 Å². The molecule has 1 N–H and O–H groups in total. The largest absolute Gasteiger partial charge is 0.366 e. The van der Waals surface area contributed by atoms with Crippen LogP contribution in [0.3, 0.4) is 0 Å². The molecule has 0 radical (unpaired) electrons. The van der Waals surface area contributed by atoms with Crippen molar-refractivity contribution in [2.75, 3.05) is 11.6 Å². The maximum atomic E-state index is 4.43. The van der Waals surface area contributed by atoms with Gasteiger partial charge in [-0.05, 0) is 60.0 Å². The van der Waals surface area contributed by atoms with Crippen molar-refractivity contribution in [1.82, 2.24) is 4.98 Å². The number of anilines is 1. The molecule has 1 heterocycles. The van der Waals surface area contributed by atoms with Gasteiger partial charge >= 0.3 is 0 Å². The molecule has 1 aromatic heterocycles. The Balaban J connectivity index is 1.99. The van der Waals surface area contributed by atoms with E-state index in [9.17, 15) is 0 Å². The lowest BCUT2D eigenvalue weighted by atomic mass is 10.2. The minimum absolute atomic E-state index is 0.587. The summed E-state index contributed by atoms with van der Waals surface area (Å²) >= 11 is 5.54. The molecule has 0 bridgehead atoms. The van der Waals surface area contributed by atoms with Crippen molar-refractivity contribution in [2.24, 2.45) is 0 Å². The summed E-state index contributed by atoms with van der Waals surface area (Å²) < 4.78 is 1.07. The molecule has 0 aliphatic heterocycles. The predicted molar refractivity (Wildman–Crippen MR) is 75.2 cm³/mol. The van der Waals surface area contributed by atoms with Crippen molar-refractivity contribution in [3.05, 3.63) is 22.3 Å². The van der Waals surface area contributed by atoms with Gasteiger partial charge in [-0.3, -0.25) is 0 Å². The number of hydrogen-bond acceptors (Lipinski definition) is 3. The van der Waals surface area contributed by atoms with Gasteiger partial charge in [0.25, 0.3) is 0 Å². The van der Waals surface area contributed by atoms with Crippen molar-refractivity contribution in [1.29, 1.82) is 0 Å². The van der Waals surface area contributed by atoms with Crippen LogP contribution in [-0.2, 0) is 0 Å². The Morgan fingerprint density at radius 2 is 2.31 bits per heavy atom. The first kappa shape index (κ1) is 12.2. The van der Waals surface area contributed by atoms with Crippen LogP contribution in [0.5, 0.6) is 0 Å². The van der Waals surface area contributed by atoms with E-state index in [4.69, 9.17) is 0 Å². The number of aryl methyl sites for hydroxylation is 1. The number of nitrogens with zero attached hydrogens (tertiary/aromatic N) is 1. The summed E-state index contributed by atoms with van der Waals surface area (Å²) in [6.07, 6.45) is 7.94. The first-order chi connectivity index (χ1) is 7.69. The van der Waals surface area contributed by atoms with E-state index in [1.54, 1.807) is 0 Å². The average molecular weight is 301 g/mol. The number of aromatic nitrogens is 1. The Labute approximate surface area is 110 Å². The maximum absolute atomic E-state index is 4.43. The van der Waals surface area contributed by atoms with Crippen LogP contribution in [0, 0.1) is 6.92 Å². The molecule has 4 heteroatoms. The van der Waals surface area contributed by atoms with Crippen molar-refractivity contribution >= 4 is 33.5 Å². The minimum Gasteiger partial charge on any atom is -0.366 e. The lowest BCUT2D eigenvalue weighted by Crippen LogP contribution is -2.17. The van der Waals surface area contributed by atoms with E-state index in [0.29, 0.717) is 6.04 Å². The summed E-state index contributed by atoms with van der Waals surface area (Å²) in [6.45, 7) is 2.06. The lowest BCUT2D eigenvalue weighted by molar-refractivity contribution is 0.751. The summed E-state index contributed by atoms with van der Waals surface area (Å²) in [6, 6.07) is 2.69. The van der Waals surface area contributed by atoms with Gasteiger partial charge in [-0.15, -0.1) is 0 Å². The molecule has 2 nitrogen and oxygen atoms in total. The molecule has 1 fully saturated rings. The van der Waals surface area contributed by atoms with E-state index in [1.807, 2.05) is 18.0 Å². The van der Waals surface area contributed by atoms with Crippen molar-refractivity contribution in [3.63, 3.8) is 0 Å². The second-order valence-corrected chi connectivity index (χ2v) is 6.35. The topological polar surface area (TPSA) is 24.9 Å². The van der Waals surface area contributed by atoms with Crippen LogP contribution in [-0.4, -0.2) is 22.5 Å². The van der Waals surface area contributed by atoms with Gasteiger partial charge in [0.15, 0.2) is 0 Å². The second kappa shape index (κ2) is 5.41. The van der Waals surface area contributed by atoms with Crippen LogP contribution in [0.15, 0.2) is 16.7 Å². The third kappa shape index (κ3) is 2.92. The molecule has 88 valence electrons. The van der Waals surface area contributed by atoms with E-state index >= 15 is 0 Å². The van der Waals surface area contributed by atoms with Crippen molar-refractivity contribution < 1.29 is 0 Å². The molecule has 2 unspecified atom stereocenters. The Kier molecular flexibility index (Phi) is 4.14. The highest BCUT2D eigenvalue weighted by atomic mass is 79.9. The molecule has 1 saturated carbocycles. The summed E-state index contributed by atoms with van der Waals surface area (Å²) in [5, 5.41) is 4.35. The average Bonchev–Trinajstić information content (AvgIpc) is 2.70. The van der Waals surface area contributed by atoms with Gasteiger partial charge in [0.2, 0.25) is 0 Å². The van der Waals surface area contributed by atoms with E-state index in [1.165, 1.54) is 24.8 Å². The summed E-state index contributed by atoms with van der Waals surface area (Å²) in [7, 11) is 0. The molecule has 0 spiro atoms. The zero-order valence-electron chi connectivity index (χ0n) is 9.66. The molecule has 0 saturated heterocycles. The number of rotatable bonds is 3. The smallest absolute Gasteiger partial charge is 0.140 e. The van der Waals surface area contributed by atoms with Gasteiger partial charge < -0.3 is 5.32 Å². The Morgan fingerprint density at radius 1 is 1.50 bits per heavy atom. The maximum Gasteiger partial charge on any atom is 0.140 e. The lowest BCUT2D eigenvalue weighted by Gasteiger charge is -2.14. The van der Waals surface area contributed by atoms with Gasteiger partial charge in [0.1, 0.15) is 5.82 Å². The van der Waals surface area contributed by atoms with E-state index < -0.39 is 0 Å². The normalized spacial score (nSPS) is 24.7. The van der Waals surface area contributed by atoms with Crippen LogP contribution in [0.25, 0.3) is 0 Å². The Morgan fingerprint density at radius 3 is 2.94 bits per heavy atom. The van der Waals surface area contributed by atoms with Crippen molar-refractivity contribution in [3.8, 4) is 0 Å². The van der Waals surface area contributed by atoms with Crippen LogP contribution in [0.2, 0.25) is 0 Å². The molecule has 2 atom stereocenters. The summed E-state index contributed by atoms with van der Waals surface area (Å²) in [4.78, 5) is 4.43. The highest BCUT2D eigenvalue weighted by Crippen LogP contribution is 2.31. The fraction of sp³-hybridized carbons (Fsp3) is 0.583. The number of thioether (sulfide) groups is 1. The van der Waals surface area contributed by atoms with Crippen LogP contribution >= 0.6 is 27.7 Å². The Bertz CT molecular complexity index is 370. The second-order valence-electron chi connectivity index (χ2n) is 4.36.